The van der Waals surface area contributed by atoms with Crippen LogP contribution in [0.25, 0.3) is 0 Å². The first-order valence-corrected chi connectivity index (χ1v) is 8.66. The Kier molecular flexibility index (Phi) is 4.23. The normalized spacial score (nSPS) is 17.8. The minimum atomic E-state index is -3.48. The number of sulfonamides is 1. The molecule has 4 nitrogen and oxygen atoms in total. The SMILES string of the molecule is CCC1(NS(=O)(=O)c2cc(CN)cc(C)c2C)CCC1. The van der Waals surface area contributed by atoms with Crippen LogP contribution in [0, 0.1) is 13.8 Å². The molecule has 20 heavy (non-hydrogen) atoms. The van der Waals surface area contributed by atoms with Crippen LogP contribution in [-0.2, 0) is 16.6 Å². The summed E-state index contributed by atoms with van der Waals surface area (Å²) in [6.45, 7) is 6.16. The van der Waals surface area contributed by atoms with Crippen LogP contribution in [0.2, 0.25) is 0 Å². The first kappa shape index (κ1) is 15.5. The highest BCUT2D eigenvalue weighted by molar-refractivity contribution is 7.89. The van der Waals surface area contributed by atoms with E-state index in [9.17, 15) is 8.42 Å². The number of aryl methyl sites for hydroxylation is 1. The number of nitrogens with one attached hydrogen (secondary N) is 1. The first-order valence-electron chi connectivity index (χ1n) is 7.18. The van der Waals surface area contributed by atoms with Crippen LogP contribution in [0.4, 0.5) is 0 Å². The maximum atomic E-state index is 12.7. The second kappa shape index (κ2) is 5.47. The summed E-state index contributed by atoms with van der Waals surface area (Å²) in [4.78, 5) is 0.373. The Morgan fingerprint density at radius 2 is 1.95 bits per heavy atom. The summed E-state index contributed by atoms with van der Waals surface area (Å²) < 4.78 is 28.3. The van der Waals surface area contributed by atoms with Crippen LogP contribution in [0.3, 0.4) is 0 Å². The molecule has 0 heterocycles. The van der Waals surface area contributed by atoms with Gasteiger partial charge in [0.05, 0.1) is 4.90 Å². The molecule has 0 amide bonds. The van der Waals surface area contributed by atoms with Gasteiger partial charge in [-0.05, 0) is 62.3 Å². The zero-order chi connectivity index (χ0) is 15.0. The lowest BCUT2D eigenvalue weighted by atomic mass is 9.76. The maximum absolute atomic E-state index is 12.7. The topological polar surface area (TPSA) is 72.2 Å². The van der Waals surface area contributed by atoms with Gasteiger partial charge in [0.15, 0.2) is 0 Å². The molecule has 0 atom stereocenters. The van der Waals surface area contributed by atoms with E-state index in [1.165, 1.54) is 0 Å². The van der Waals surface area contributed by atoms with Crippen LogP contribution >= 0.6 is 0 Å². The molecule has 1 aliphatic rings. The lowest BCUT2D eigenvalue weighted by Crippen LogP contribution is -2.52. The van der Waals surface area contributed by atoms with Gasteiger partial charge in [-0.1, -0.05) is 13.0 Å². The number of rotatable bonds is 5. The number of benzene rings is 1. The fourth-order valence-electron chi connectivity index (χ4n) is 2.77. The molecule has 0 aromatic heterocycles. The molecular formula is C15H24N2O2S. The van der Waals surface area contributed by atoms with Gasteiger partial charge in [0.2, 0.25) is 10.0 Å². The molecule has 1 aliphatic carbocycles. The standard InChI is InChI=1S/C15H24N2O2S/c1-4-15(6-5-7-15)17-20(18,19)14-9-13(10-16)8-11(2)12(14)3/h8-9,17H,4-7,10,16H2,1-3H3. The molecular weight excluding hydrogens is 272 g/mol. The Morgan fingerprint density at radius 3 is 2.40 bits per heavy atom. The van der Waals surface area contributed by atoms with E-state index < -0.39 is 10.0 Å². The van der Waals surface area contributed by atoms with Gasteiger partial charge in [-0.2, -0.15) is 0 Å². The summed E-state index contributed by atoms with van der Waals surface area (Å²) in [5.41, 5.74) is 8.04. The van der Waals surface area contributed by atoms with Gasteiger partial charge >= 0.3 is 0 Å². The summed E-state index contributed by atoms with van der Waals surface area (Å²) in [6.07, 6.45) is 3.78. The predicted octanol–water partition coefficient (Wildman–Crippen LogP) is 2.37. The van der Waals surface area contributed by atoms with E-state index in [2.05, 4.69) is 4.72 Å². The summed E-state index contributed by atoms with van der Waals surface area (Å²) >= 11 is 0. The highest BCUT2D eigenvalue weighted by atomic mass is 32.2. The molecule has 112 valence electrons. The van der Waals surface area contributed by atoms with E-state index in [0.717, 1.165) is 42.4 Å². The van der Waals surface area contributed by atoms with Crippen molar-refractivity contribution in [2.75, 3.05) is 0 Å². The van der Waals surface area contributed by atoms with Crippen LogP contribution in [-0.4, -0.2) is 14.0 Å². The average molecular weight is 296 g/mol. The smallest absolute Gasteiger partial charge is 0.241 e. The van der Waals surface area contributed by atoms with Crippen molar-refractivity contribution in [1.29, 1.82) is 0 Å². The third-order valence-electron chi connectivity index (χ3n) is 4.54. The largest absolute Gasteiger partial charge is 0.326 e. The van der Waals surface area contributed by atoms with Crippen LogP contribution in [0.15, 0.2) is 17.0 Å². The molecule has 0 bridgehead atoms. The van der Waals surface area contributed by atoms with Crippen molar-refractivity contribution in [3.8, 4) is 0 Å². The zero-order valence-electron chi connectivity index (χ0n) is 12.5. The average Bonchev–Trinajstić information content (AvgIpc) is 2.36. The molecule has 1 aromatic carbocycles. The molecule has 3 N–H and O–H groups in total. The minimum Gasteiger partial charge on any atom is -0.326 e. The van der Waals surface area contributed by atoms with Crippen molar-refractivity contribution in [3.05, 3.63) is 28.8 Å². The summed E-state index contributed by atoms with van der Waals surface area (Å²) in [6, 6.07) is 3.65. The quantitative estimate of drug-likeness (QED) is 0.876. The molecule has 0 saturated heterocycles. The highest BCUT2D eigenvalue weighted by Crippen LogP contribution is 2.36. The molecule has 0 unspecified atom stereocenters. The van der Waals surface area contributed by atoms with E-state index in [-0.39, 0.29) is 5.54 Å². The zero-order valence-corrected chi connectivity index (χ0v) is 13.3. The monoisotopic (exact) mass is 296 g/mol. The van der Waals surface area contributed by atoms with Crippen molar-refractivity contribution in [3.63, 3.8) is 0 Å². The van der Waals surface area contributed by atoms with Gasteiger partial charge in [-0.15, -0.1) is 0 Å². The van der Waals surface area contributed by atoms with Crippen LogP contribution in [0.1, 0.15) is 49.3 Å². The minimum absolute atomic E-state index is 0.238. The number of hydrogen-bond acceptors (Lipinski definition) is 3. The molecule has 1 fully saturated rings. The molecule has 1 saturated carbocycles. The van der Waals surface area contributed by atoms with Gasteiger partial charge < -0.3 is 5.73 Å². The Bertz CT molecular complexity index is 599. The fraction of sp³-hybridized carbons (Fsp3) is 0.600. The Labute approximate surface area is 121 Å². The van der Waals surface area contributed by atoms with Crippen molar-refractivity contribution < 1.29 is 8.42 Å². The van der Waals surface area contributed by atoms with Crippen molar-refractivity contribution >= 4 is 10.0 Å². The maximum Gasteiger partial charge on any atom is 0.241 e. The molecule has 1 aromatic rings. The Balaban J connectivity index is 2.41. The second-order valence-electron chi connectivity index (χ2n) is 5.83. The summed E-state index contributed by atoms with van der Waals surface area (Å²) in [7, 11) is -3.48. The highest BCUT2D eigenvalue weighted by Gasteiger charge is 2.39. The van der Waals surface area contributed by atoms with Gasteiger partial charge in [0.25, 0.3) is 0 Å². The number of hydrogen-bond donors (Lipinski definition) is 2. The fourth-order valence-corrected chi connectivity index (χ4v) is 4.67. The lowest BCUT2D eigenvalue weighted by Gasteiger charge is -2.41. The Morgan fingerprint density at radius 1 is 1.30 bits per heavy atom. The molecule has 0 aliphatic heterocycles. The van der Waals surface area contributed by atoms with E-state index in [1.54, 1.807) is 6.07 Å². The summed E-state index contributed by atoms with van der Waals surface area (Å²) in [5.74, 6) is 0. The van der Waals surface area contributed by atoms with E-state index in [0.29, 0.717) is 11.4 Å². The van der Waals surface area contributed by atoms with E-state index >= 15 is 0 Å². The second-order valence-corrected chi connectivity index (χ2v) is 7.48. The van der Waals surface area contributed by atoms with E-state index in [4.69, 9.17) is 5.73 Å². The van der Waals surface area contributed by atoms with E-state index in [1.807, 2.05) is 26.8 Å². The lowest BCUT2D eigenvalue weighted by molar-refractivity contribution is 0.214. The third kappa shape index (κ3) is 2.75. The molecule has 0 radical (unpaired) electrons. The molecule has 5 heteroatoms. The summed E-state index contributed by atoms with van der Waals surface area (Å²) in [5, 5.41) is 0. The van der Waals surface area contributed by atoms with Crippen LogP contribution in [0.5, 0.6) is 0 Å². The van der Waals surface area contributed by atoms with Crippen LogP contribution < -0.4 is 10.5 Å². The number of nitrogens with two attached hydrogens (primary N) is 1. The molecule has 0 spiro atoms. The first-order chi connectivity index (χ1) is 9.33. The van der Waals surface area contributed by atoms with Gasteiger partial charge in [-0.3, -0.25) is 0 Å². The van der Waals surface area contributed by atoms with Crippen molar-refractivity contribution in [1.82, 2.24) is 4.72 Å². The predicted molar refractivity (Wildman–Crippen MR) is 81.0 cm³/mol. The van der Waals surface area contributed by atoms with Gasteiger partial charge in [0.1, 0.15) is 0 Å². The van der Waals surface area contributed by atoms with Gasteiger partial charge in [-0.25, -0.2) is 13.1 Å². The third-order valence-corrected chi connectivity index (χ3v) is 6.25. The van der Waals surface area contributed by atoms with Gasteiger partial charge in [0, 0.05) is 12.1 Å². The molecule has 2 rings (SSSR count). The van der Waals surface area contributed by atoms with Crippen molar-refractivity contribution in [2.45, 2.75) is 63.4 Å². The van der Waals surface area contributed by atoms with Crippen molar-refractivity contribution in [2.24, 2.45) is 5.73 Å². The Hall–Kier alpha value is -0.910.